The molecule has 1 aliphatic carbocycles. The molecule has 1 aromatic heterocycles. The summed E-state index contributed by atoms with van der Waals surface area (Å²) in [6.45, 7) is 5.55. The van der Waals surface area contributed by atoms with E-state index in [0.717, 1.165) is 68.9 Å². The summed E-state index contributed by atoms with van der Waals surface area (Å²) in [5.41, 5.74) is 9.96. The Bertz CT molecular complexity index is 967. The first-order chi connectivity index (χ1) is 15.7. The molecule has 1 saturated heterocycles. The molecule has 2 N–H and O–H groups in total. The number of rotatable bonds is 10. The number of nitrogen functional groups attached to an aromatic ring is 1. The molecule has 2 heterocycles. The number of ether oxygens (including phenoxy) is 1. The van der Waals surface area contributed by atoms with Gasteiger partial charge in [0.25, 0.3) is 0 Å². The van der Waals surface area contributed by atoms with E-state index in [2.05, 4.69) is 22.3 Å². The summed E-state index contributed by atoms with van der Waals surface area (Å²) < 4.78 is 22.6. The van der Waals surface area contributed by atoms with Gasteiger partial charge in [0.05, 0.1) is 24.2 Å². The van der Waals surface area contributed by atoms with Gasteiger partial charge in [-0.25, -0.2) is 13.5 Å². The van der Waals surface area contributed by atoms with Gasteiger partial charge < -0.3 is 15.3 Å². The number of unbranched alkanes of at least 4 members (excludes halogenated alkanes) is 2. The number of benzene rings is 1. The smallest absolute Gasteiger partial charge is 0.199 e. The molecule has 0 amide bonds. The molecule has 32 heavy (non-hydrogen) atoms. The Morgan fingerprint density at radius 2 is 2.06 bits per heavy atom. The highest BCUT2D eigenvalue weighted by Gasteiger charge is 2.28. The number of nitrogens with two attached hydrogens (primary N) is 1. The lowest BCUT2D eigenvalue weighted by Gasteiger charge is -2.18. The van der Waals surface area contributed by atoms with Crippen molar-refractivity contribution in [2.75, 3.05) is 42.9 Å². The molecule has 2 aromatic rings. The van der Waals surface area contributed by atoms with E-state index in [1.807, 2.05) is 27.7 Å². The quantitative estimate of drug-likeness (QED) is 0.436. The zero-order chi connectivity index (χ0) is 22.3. The lowest BCUT2D eigenvalue weighted by Crippen LogP contribution is -2.27. The Labute approximate surface area is 192 Å². The summed E-state index contributed by atoms with van der Waals surface area (Å²) in [6, 6.07) is 9.83. The highest BCUT2D eigenvalue weighted by molar-refractivity contribution is 7.84. The Morgan fingerprint density at radius 3 is 2.88 bits per heavy atom. The van der Waals surface area contributed by atoms with Gasteiger partial charge in [0.2, 0.25) is 0 Å². The third-order valence-electron chi connectivity index (χ3n) is 5.66. The van der Waals surface area contributed by atoms with Crippen LogP contribution in [-0.4, -0.2) is 52.1 Å². The van der Waals surface area contributed by atoms with Crippen LogP contribution in [0, 0.1) is 0 Å². The lowest BCUT2D eigenvalue weighted by atomic mass is 10.1. The lowest BCUT2D eigenvalue weighted by molar-refractivity contribution is 0.158. The maximum atomic E-state index is 12.7. The zero-order valence-electron chi connectivity index (χ0n) is 18.5. The summed E-state index contributed by atoms with van der Waals surface area (Å²) in [5.74, 6) is 1.38. The fraction of sp³-hybridized carbons (Fsp3) is 0.478. The molecule has 8 nitrogen and oxygen atoms in total. The Hall–Kier alpha value is -2.65. The predicted octanol–water partition coefficient (Wildman–Crippen LogP) is 3.30. The molecule has 0 radical (unpaired) electrons. The average molecular weight is 458 g/mol. The molecular formula is C23H31N5O3S. The van der Waals surface area contributed by atoms with E-state index < -0.39 is 11.2 Å². The first-order valence-electron chi connectivity index (χ1n) is 11.3. The second-order valence-corrected chi connectivity index (χ2v) is 9.31. The number of fused-ring (bicyclic) bond motifs is 1. The fourth-order valence-corrected chi connectivity index (χ4v) is 5.31. The molecule has 9 heteroatoms. The Kier molecular flexibility index (Phi) is 7.59. The molecule has 0 saturated carbocycles. The predicted molar refractivity (Wildman–Crippen MR) is 128 cm³/mol. The van der Waals surface area contributed by atoms with E-state index in [9.17, 15) is 4.21 Å². The Balaban J connectivity index is 1.15. The molecule has 1 atom stereocenters. The van der Waals surface area contributed by atoms with E-state index >= 15 is 0 Å². The van der Waals surface area contributed by atoms with Crippen LogP contribution < -0.4 is 14.8 Å². The number of nitrogens with zero attached hydrogens (tertiary/aromatic N) is 4. The summed E-state index contributed by atoms with van der Waals surface area (Å²) in [6.07, 6.45) is 6.58. The first-order valence-corrected chi connectivity index (χ1v) is 12.3. The van der Waals surface area contributed by atoms with Crippen LogP contribution >= 0.6 is 0 Å². The molecule has 1 aromatic carbocycles. The van der Waals surface area contributed by atoms with Gasteiger partial charge >= 0.3 is 0 Å². The van der Waals surface area contributed by atoms with Gasteiger partial charge in [-0.05, 0) is 74.9 Å². The molecule has 2 aliphatic rings. The number of anilines is 2. The van der Waals surface area contributed by atoms with E-state index in [1.165, 1.54) is 11.1 Å². The van der Waals surface area contributed by atoms with Gasteiger partial charge in [0.15, 0.2) is 11.2 Å². The summed E-state index contributed by atoms with van der Waals surface area (Å²) in [4.78, 5) is 9.30. The van der Waals surface area contributed by atoms with Crippen LogP contribution in [0.15, 0.2) is 41.7 Å². The molecule has 1 aliphatic heterocycles. The van der Waals surface area contributed by atoms with Crippen molar-refractivity contribution in [2.45, 2.75) is 39.0 Å². The van der Waals surface area contributed by atoms with Crippen molar-refractivity contribution in [3.63, 3.8) is 0 Å². The topological polar surface area (TPSA) is 93.3 Å². The SMILES string of the molecule is CCO/N=C1\CCc2cc(OCCCCCN3CCN(c4ccc(N)nc4)S3=O)ccc21. The summed E-state index contributed by atoms with van der Waals surface area (Å²) >= 11 is -1.16. The number of aryl methyl sites for hydroxylation is 1. The van der Waals surface area contributed by atoms with Gasteiger partial charge in [-0.2, -0.15) is 0 Å². The van der Waals surface area contributed by atoms with Crippen molar-refractivity contribution in [2.24, 2.45) is 5.16 Å². The van der Waals surface area contributed by atoms with Crippen LogP contribution in [0.1, 0.15) is 43.7 Å². The van der Waals surface area contributed by atoms with Crippen molar-refractivity contribution in [3.05, 3.63) is 47.7 Å². The number of pyridine rings is 1. The second-order valence-electron chi connectivity index (χ2n) is 7.89. The largest absolute Gasteiger partial charge is 0.494 e. The number of hydrogen-bond donors (Lipinski definition) is 1. The molecule has 1 fully saturated rings. The van der Waals surface area contributed by atoms with Crippen molar-refractivity contribution in [1.82, 2.24) is 9.29 Å². The van der Waals surface area contributed by atoms with Crippen LogP contribution in [0.25, 0.3) is 0 Å². The highest BCUT2D eigenvalue weighted by atomic mass is 32.2. The Morgan fingerprint density at radius 1 is 1.16 bits per heavy atom. The summed E-state index contributed by atoms with van der Waals surface area (Å²) in [5, 5.41) is 4.21. The van der Waals surface area contributed by atoms with Gasteiger partial charge in [-0.3, -0.25) is 4.31 Å². The third kappa shape index (κ3) is 5.39. The minimum absolute atomic E-state index is 0.470. The van der Waals surface area contributed by atoms with E-state index in [0.29, 0.717) is 19.0 Å². The number of oxime groups is 1. The van der Waals surface area contributed by atoms with Crippen LogP contribution in [0.3, 0.4) is 0 Å². The summed E-state index contributed by atoms with van der Waals surface area (Å²) in [7, 11) is 0. The van der Waals surface area contributed by atoms with E-state index in [-0.39, 0.29) is 0 Å². The number of hydrogen-bond acceptors (Lipinski definition) is 6. The molecule has 1 unspecified atom stereocenters. The van der Waals surface area contributed by atoms with Gasteiger partial charge in [0, 0.05) is 25.2 Å². The van der Waals surface area contributed by atoms with Gasteiger partial charge in [0.1, 0.15) is 18.2 Å². The average Bonchev–Trinajstić information content (AvgIpc) is 3.38. The maximum Gasteiger partial charge on any atom is 0.199 e. The fourth-order valence-electron chi connectivity index (χ4n) is 3.98. The van der Waals surface area contributed by atoms with Crippen LogP contribution in [0.4, 0.5) is 11.5 Å². The first kappa shape index (κ1) is 22.5. The van der Waals surface area contributed by atoms with Gasteiger partial charge in [-0.1, -0.05) is 5.16 Å². The standard InChI is InChI=1S/C23H31N5O3S/c1-2-31-26-22-10-6-18-16-20(8-9-21(18)22)30-15-5-3-4-12-27-13-14-28(32(27)29)19-7-11-23(24)25-17-19/h7-9,11,16-17H,2-6,10,12-15H2,1H3,(H2,24,25)/b26-22+. The van der Waals surface area contributed by atoms with E-state index in [1.54, 1.807) is 12.3 Å². The highest BCUT2D eigenvalue weighted by Crippen LogP contribution is 2.27. The van der Waals surface area contributed by atoms with Crippen molar-refractivity contribution >= 4 is 28.4 Å². The monoisotopic (exact) mass is 457 g/mol. The van der Waals surface area contributed by atoms with Crippen molar-refractivity contribution in [1.29, 1.82) is 0 Å². The minimum atomic E-state index is -1.16. The minimum Gasteiger partial charge on any atom is -0.494 e. The molecule has 0 bridgehead atoms. The second kappa shape index (κ2) is 10.8. The van der Waals surface area contributed by atoms with Crippen molar-refractivity contribution < 1.29 is 13.8 Å². The maximum absolute atomic E-state index is 12.7. The van der Waals surface area contributed by atoms with Crippen molar-refractivity contribution in [3.8, 4) is 5.75 Å². The van der Waals surface area contributed by atoms with Gasteiger partial charge in [-0.15, -0.1) is 0 Å². The molecule has 172 valence electrons. The number of aromatic nitrogens is 1. The van der Waals surface area contributed by atoms with Crippen LogP contribution in [0.5, 0.6) is 5.75 Å². The molecular weight excluding hydrogens is 426 g/mol. The molecule has 0 spiro atoms. The van der Waals surface area contributed by atoms with Crippen LogP contribution in [-0.2, 0) is 22.4 Å². The van der Waals surface area contributed by atoms with Crippen LogP contribution in [0.2, 0.25) is 0 Å². The third-order valence-corrected chi connectivity index (χ3v) is 7.24. The normalized spacial score (nSPS) is 19.5. The van der Waals surface area contributed by atoms with E-state index in [4.69, 9.17) is 15.3 Å². The molecule has 4 rings (SSSR count). The zero-order valence-corrected chi connectivity index (χ0v) is 19.4.